The zero-order chi connectivity index (χ0) is 18.2. The molecule has 3 aromatic rings. The Hall–Kier alpha value is -2.39. The lowest BCUT2D eigenvalue weighted by molar-refractivity contribution is 0.0944. The van der Waals surface area contributed by atoms with Crippen molar-refractivity contribution in [3.05, 3.63) is 71.4 Å². The van der Waals surface area contributed by atoms with E-state index < -0.39 is 5.60 Å². The summed E-state index contributed by atoms with van der Waals surface area (Å²) in [6.45, 7) is 8.24. The van der Waals surface area contributed by atoms with E-state index in [9.17, 15) is 5.11 Å². The molecule has 3 rings (SSSR count). The summed E-state index contributed by atoms with van der Waals surface area (Å²) in [5, 5.41) is 12.4. The molecule has 1 heterocycles. The third-order valence-electron chi connectivity index (χ3n) is 4.69. The number of fused-ring (bicyclic) bond motifs is 1. The lowest BCUT2D eigenvalue weighted by atomic mass is 9.82. The molecule has 0 aliphatic heterocycles. The summed E-state index contributed by atoms with van der Waals surface area (Å²) >= 11 is 0. The van der Waals surface area contributed by atoms with Gasteiger partial charge in [-0.05, 0) is 42.2 Å². The molecule has 0 radical (unpaired) electrons. The second-order valence-corrected chi connectivity index (χ2v) is 7.63. The topological polar surface area (TPSA) is 42.4 Å². The van der Waals surface area contributed by atoms with Crippen molar-refractivity contribution in [3.8, 4) is 5.75 Å². The van der Waals surface area contributed by atoms with E-state index in [1.807, 2.05) is 54.6 Å². The molecule has 0 aliphatic rings. The highest BCUT2D eigenvalue weighted by Crippen LogP contribution is 2.38. The van der Waals surface area contributed by atoms with Gasteiger partial charge < -0.3 is 9.84 Å². The maximum Gasteiger partial charge on any atom is 0.132 e. The van der Waals surface area contributed by atoms with Gasteiger partial charge in [0.05, 0.1) is 18.3 Å². The molecule has 0 aliphatic carbocycles. The summed E-state index contributed by atoms with van der Waals surface area (Å²) in [4.78, 5) is 4.68. The van der Waals surface area contributed by atoms with Crippen LogP contribution in [0, 0.1) is 0 Å². The smallest absolute Gasteiger partial charge is 0.132 e. The molecule has 0 bridgehead atoms. The monoisotopic (exact) mass is 335 g/mol. The van der Waals surface area contributed by atoms with Crippen molar-refractivity contribution >= 4 is 10.9 Å². The van der Waals surface area contributed by atoms with Crippen molar-refractivity contribution in [2.75, 3.05) is 7.11 Å². The number of nitrogens with zero attached hydrogens (tertiary/aromatic N) is 1. The third kappa shape index (κ3) is 3.24. The maximum absolute atomic E-state index is 11.4. The van der Waals surface area contributed by atoms with Gasteiger partial charge in [0.1, 0.15) is 11.4 Å². The van der Waals surface area contributed by atoms with E-state index in [1.54, 1.807) is 14.0 Å². The molecular formula is C22H25NO2. The van der Waals surface area contributed by atoms with Crippen LogP contribution in [0.1, 0.15) is 44.5 Å². The molecule has 3 nitrogen and oxygen atoms in total. The first-order valence-corrected chi connectivity index (χ1v) is 8.51. The maximum atomic E-state index is 11.4. The molecule has 1 N–H and O–H groups in total. The number of aromatic nitrogens is 1. The van der Waals surface area contributed by atoms with Crippen LogP contribution in [0.2, 0.25) is 0 Å². The average Bonchev–Trinajstić information content (AvgIpc) is 2.59. The summed E-state index contributed by atoms with van der Waals surface area (Å²) < 4.78 is 5.52. The van der Waals surface area contributed by atoms with Gasteiger partial charge in [-0.25, -0.2) is 4.98 Å². The molecule has 0 spiro atoms. The molecule has 0 amide bonds. The second kappa shape index (κ2) is 6.16. The van der Waals surface area contributed by atoms with E-state index in [2.05, 4.69) is 25.8 Å². The first-order chi connectivity index (χ1) is 11.7. The van der Waals surface area contributed by atoms with Crippen LogP contribution in [0.25, 0.3) is 10.9 Å². The van der Waals surface area contributed by atoms with E-state index in [4.69, 9.17) is 4.74 Å². The van der Waals surface area contributed by atoms with Gasteiger partial charge in [0.15, 0.2) is 0 Å². The summed E-state index contributed by atoms with van der Waals surface area (Å²) in [7, 11) is 1.62. The number of benzene rings is 2. The van der Waals surface area contributed by atoms with Gasteiger partial charge in [0.2, 0.25) is 0 Å². The normalized spacial score (nSPS) is 14.3. The van der Waals surface area contributed by atoms with E-state index in [-0.39, 0.29) is 5.41 Å². The van der Waals surface area contributed by atoms with Crippen LogP contribution in [-0.4, -0.2) is 17.2 Å². The van der Waals surface area contributed by atoms with Crippen LogP contribution in [0.5, 0.6) is 5.75 Å². The lowest BCUT2D eigenvalue weighted by Gasteiger charge is -2.28. The van der Waals surface area contributed by atoms with Crippen LogP contribution in [0.4, 0.5) is 0 Å². The van der Waals surface area contributed by atoms with Crippen molar-refractivity contribution < 1.29 is 9.84 Å². The minimum absolute atomic E-state index is 0.0199. The lowest BCUT2D eigenvalue weighted by Crippen LogP contribution is -2.26. The molecule has 0 saturated carbocycles. The van der Waals surface area contributed by atoms with Crippen LogP contribution in [-0.2, 0) is 11.0 Å². The molecule has 1 unspecified atom stereocenters. The number of ether oxygens (including phenoxy) is 1. The van der Waals surface area contributed by atoms with Gasteiger partial charge in [0.25, 0.3) is 0 Å². The fraction of sp³-hybridized carbons (Fsp3) is 0.318. The van der Waals surface area contributed by atoms with Crippen LogP contribution < -0.4 is 4.74 Å². The Bertz CT molecular complexity index is 907. The number of methoxy groups -OCH3 is 1. The van der Waals surface area contributed by atoms with E-state index in [0.29, 0.717) is 11.4 Å². The molecule has 3 heteroatoms. The Morgan fingerprint density at radius 2 is 1.64 bits per heavy atom. The Labute approximate surface area is 149 Å². The van der Waals surface area contributed by atoms with Gasteiger partial charge in [-0.2, -0.15) is 0 Å². The highest BCUT2D eigenvalue weighted by atomic mass is 16.5. The van der Waals surface area contributed by atoms with Crippen molar-refractivity contribution in [1.29, 1.82) is 0 Å². The van der Waals surface area contributed by atoms with Gasteiger partial charge >= 0.3 is 0 Å². The predicted octanol–water partition coefficient (Wildman–Crippen LogP) is 4.80. The number of rotatable bonds is 3. The molecule has 25 heavy (non-hydrogen) atoms. The van der Waals surface area contributed by atoms with Crippen molar-refractivity contribution in [1.82, 2.24) is 4.98 Å². The highest BCUT2D eigenvalue weighted by molar-refractivity contribution is 5.78. The van der Waals surface area contributed by atoms with Crippen LogP contribution in [0.15, 0.2) is 54.6 Å². The minimum atomic E-state index is -1.25. The number of aliphatic hydroxyl groups is 1. The molecular weight excluding hydrogens is 310 g/mol. The molecule has 0 saturated heterocycles. The second-order valence-electron chi connectivity index (χ2n) is 7.63. The first kappa shape index (κ1) is 17.4. The number of pyridine rings is 1. The summed E-state index contributed by atoms with van der Waals surface area (Å²) in [5.41, 5.74) is 2.07. The van der Waals surface area contributed by atoms with Crippen LogP contribution in [0.3, 0.4) is 0 Å². The van der Waals surface area contributed by atoms with E-state index in [1.165, 1.54) is 0 Å². The number of hydrogen-bond donors (Lipinski definition) is 1. The fourth-order valence-electron chi connectivity index (χ4n) is 3.03. The van der Waals surface area contributed by atoms with Crippen molar-refractivity contribution in [2.45, 2.75) is 38.7 Å². The highest BCUT2D eigenvalue weighted by Gasteiger charge is 2.32. The molecule has 1 aromatic heterocycles. The first-order valence-electron chi connectivity index (χ1n) is 8.51. The summed E-state index contributed by atoms with van der Waals surface area (Å²) in [6.07, 6.45) is 0. The zero-order valence-corrected chi connectivity index (χ0v) is 15.5. The minimum Gasteiger partial charge on any atom is -0.496 e. The van der Waals surface area contributed by atoms with Gasteiger partial charge in [-0.15, -0.1) is 0 Å². The molecule has 2 aromatic carbocycles. The zero-order valence-electron chi connectivity index (χ0n) is 15.5. The standard InChI is InChI=1S/C22H25NO2/c1-21(2,3)16-11-12-19(25-5)17(14-16)22(4,24)20-13-10-15-8-6-7-9-18(15)23-20/h6-14,24H,1-5H3. The Morgan fingerprint density at radius 1 is 0.920 bits per heavy atom. The average molecular weight is 335 g/mol. The molecule has 0 fully saturated rings. The van der Waals surface area contributed by atoms with Crippen molar-refractivity contribution in [3.63, 3.8) is 0 Å². The summed E-state index contributed by atoms with van der Waals surface area (Å²) in [6, 6.07) is 17.8. The Kier molecular flexibility index (Phi) is 4.29. The van der Waals surface area contributed by atoms with Crippen molar-refractivity contribution in [2.24, 2.45) is 0 Å². The fourth-order valence-corrected chi connectivity index (χ4v) is 3.03. The van der Waals surface area contributed by atoms with E-state index in [0.717, 1.165) is 22.0 Å². The number of hydrogen-bond acceptors (Lipinski definition) is 3. The Balaban J connectivity index is 2.17. The quantitative estimate of drug-likeness (QED) is 0.748. The largest absolute Gasteiger partial charge is 0.496 e. The third-order valence-corrected chi connectivity index (χ3v) is 4.69. The van der Waals surface area contributed by atoms with E-state index >= 15 is 0 Å². The SMILES string of the molecule is COc1ccc(C(C)(C)C)cc1C(C)(O)c1ccc2ccccc2n1. The van der Waals surface area contributed by atoms with Gasteiger partial charge in [-0.1, -0.05) is 51.1 Å². The molecule has 1 atom stereocenters. The summed E-state index contributed by atoms with van der Waals surface area (Å²) in [5.74, 6) is 0.660. The Morgan fingerprint density at radius 3 is 2.32 bits per heavy atom. The number of para-hydroxylation sites is 1. The van der Waals surface area contributed by atoms with Gasteiger partial charge in [-0.3, -0.25) is 0 Å². The predicted molar refractivity (Wildman–Crippen MR) is 102 cm³/mol. The van der Waals surface area contributed by atoms with Gasteiger partial charge in [0, 0.05) is 10.9 Å². The van der Waals surface area contributed by atoms with Crippen LogP contribution >= 0.6 is 0 Å². The molecule has 130 valence electrons.